The van der Waals surface area contributed by atoms with Gasteiger partial charge in [0.25, 0.3) is 0 Å². The van der Waals surface area contributed by atoms with Gasteiger partial charge < -0.3 is 9.47 Å². The van der Waals surface area contributed by atoms with Crippen LogP contribution in [0.25, 0.3) is 0 Å². The highest BCUT2D eigenvalue weighted by atomic mass is 32.2. The first kappa shape index (κ1) is 15.6. The van der Waals surface area contributed by atoms with Crippen molar-refractivity contribution in [3.8, 4) is 0 Å². The van der Waals surface area contributed by atoms with Crippen LogP contribution in [-0.2, 0) is 25.1 Å². The Morgan fingerprint density at radius 1 is 1.32 bits per heavy atom. The van der Waals surface area contributed by atoms with E-state index in [1.165, 1.54) is 32.5 Å². The Bertz CT molecular complexity index is 509. The van der Waals surface area contributed by atoms with E-state index in [0.717, 1.165) is 0 Å². The SMILES string of the molecule is COCCCS(=O)(=O)Cc1ccc(C(=O)OC)cn1. The number of methoxy groups -OCH3 is 2. The van der Waals surface area contributed by atoms with E-state index in [9.17, 15) is 13.2 Å². The second-order valence-corrected chi connectivity index (χ2v) is 6.15. The summed E-state index contributed by atoms with van der Waals surface area (Å²) in [5.41, 5.74) is 0.702. The van der Waals surface area contributed by atoms with Crippen LogP contribution in [0.15, 0.2) is 18.3 Å². The Morgan fingerprint density at radius 3 is 2.58 bits per heavy atom. The predicted molar refractivity (Wildman–Crippen MR) is 69.6 cm³/mol. The maximum Gasteiger partial charge on any atom is 0.339 e. The first-order valence-corrected chi connectivity index (χ1v) is 7.53. The molecule has 0 N–H and O–H groups in total. The van der Waals surface area contributed by atoms with Gasteiger partial charge in [-0.05, 0) is 18.6 Å². The second-order valence-electron chi connectivity index (χ2n) is 3.97. The molecule has 0 radical (unpaired) electrons. The molecule has 0 saturated heterocycles. The number of sulfone groups is 1. The second kappa shape index (κ2) is 7.20. The number of pyridine rings is 1. The van der Waals surface area contributed by atoms with E-state index in [1.807, 2.05) is 0 Å². The van der Waals surface area contributed by atoms with E-state index in [-0.39, 0.29) is 11.5 Å². The minimum atomic E-state index is -3.20. The van der Waals surface area contributed by atoms with Crippen LogP contribution in [0.5, 0.6) is 0 Å². The maximum absolute atomic E-state index is 11.8. The molecule has 1 rings (SSSR count). The van der Waals surface area contributed by atoms with Gasteiger partial charge in [0, 0.05) is 19.9 Å². The van der Waals surface area contributed by atoms with Gasteiger partial charge in [0.05, 0.1) is 29.9 Å². The molecule has 0 aliphatic rings. The van der Waals surface area contributed by atoms with Gasteiger partial charge in [-0.3, -0.25) is 4.98 Å². The summed E-state index contributed by atoms with van der Waals surface area (Å²) in [4.78, 5) is 15.1. The van der Waals surface area contributed by atoms with E-state index in [4.69, 9.17) is 4.74 Å². The third-order valence-electron chi connectivity index (χ3n) is 2.42. The number of aromatic nitrogens is 1. The van der Waals surface area contributed by atoms with Gasteiger partial charge in [0.2, 0.25) is 0 Å². The lowest BCUT2D eigenvalue weighted by atomic mass is 10.2. The fourth-order valence-corrected chi connectivity index (χ4v) is 2.79. The first-order valence-electron chi connectivity index (χ1n) is 5.71. The molecule has 106 valence electrons. The van der Waals surface area contributed by atoms with Crippen molar-refractivity contribution >= 4 is 15.8 Å². The molecule has 1 aromatic rings. The van der Waals surface area contributed by atoms with Gasteiger partial charge in [-0.15, -0.1) is 0 Å². The Labute approximate surface area is 112 Å². The number of hydrogen-bond donors (Lipinski definition) is 0. The van der Waals surface area contributed by atoms with Gasteiger partial charge >= 0.3 is 5.97 Å². The molecule has 0 aliphatic heterocycles. The number of rotatable bonds is 7. The molecule has 0 amide bonds. The maximum atomic E-state index is 11.8. The summed E-state index contributed by atoms with van der Waals surface area (Å²) in [5.74, 6) is -0.582. The summed E-state index contributed by atoms with van der Waals surface area (Å²) in [6, 6.07) is 3.01. The molecule has 0 aromatic carbocycles. The van der Waals surface area contributed by atoms with Crippen molar-refractivity contribution in [3.63, 3.8) is 0 Å². The van der Waals surface area contributed by atoms with Crippen molar-refractivity contribution < 1.29 is 22.7 Å². The number of esters is 1. The molecule has 19 heavy (non-hydrogen) atoms. The van der Waals surface area contributed by atoms with Crippen LogP contribution in [0.3, 0.4) is 0 Å². The fraction of sp³-hybridized carbons (Fsp3) is 0.500. The van der Waals surface area contributed by atoms with Crippen LogP contribution in [0.2, 0.25) is 0 Å². The average Bonchev–Trinajstić information content (AvgIpc) is 2.38. The molecule has 0 spiro atoms. The Kier molecular flexibility index (Phi) is 5.91. The lowest BCUT2D eigenvalue weighted by Crippen LogP contribution is -2.12. The number of ether oxygens (including phenoxy) is 2. The zero-order valence-corrected chi connectivity index (χ0v) is 11.8. The lowest BCUT2D eigenvalue weighted by Gasteiger charge is -2.04. The quantitative estimate of drug-likeness (QED) is 0.545. The molecule has 0 bridgehead atoms. The van der Waals surface area contributed by atoms with E-state index < -0.39 is 15.8 Å². The van der Waals surface area contributed by atoms with Crippen LogP contribution in [0.4, 0.5) is 0 Å². The largest absolute Gasteiger partial charge is 0.465 e. The van der Waals surface area contributed by atoms with Crippen LogP contribution in [0, 0.1) is 0 Å². The average molecular weight is 287 g/mol. The summed E-state index contributed by atoms with van der Waals surface area (Å²) in [7, 11) is -0.402. The standard InChI is InChI=1S/C12H17NO5S/c1-17-6-3-7-19(15,16)9-11-5-4-10(8-13-11)12(14)18-2/h4-5,8H,3,6-7,9H2,1-2H3. The Hall–Kier alpha value is -1.47. The van der Waals surface area contributed by atoms with E-state index >= 15 is 0 Å². The van der Waals surface area contributed by atoms with Gasteiger partial charge in [0.15, 0.2) is 9.84 Å². The minimum absolute atomic E-state index is 0.0568. The van der Waals surface area contributed by atoms with Gasteiger partial charge in [0.1, 0.15) is 0 Å². The third kappa shape index (κ3) is 5.35. The molecule has 0 unspecified atom stereocenters. The van der Waals surface area contributed by atoms with Crippen molar-refractivity contribution in [2.75, 3.05) is 26.6 Å². The molecular weight excluding hydrogens is 270 g/mol. The van der Waals surface area contributed by atoms with Crippen LogP contribution in [-0.4, -0.2) is 46.0 Å². The summed E-state index contributed by atoms with van der Waals surface area (Å²) in [6.45, 7) is 0.411. The fourth-order valence-electron chi connectivity index (χ4n) is 1.47. The molecule has 7 heteroatoms. The minimum Gasteiger partial charge on any atom is -0.465 e. The number of carbonyl (C=O) groups is 1. The van der Waals surface area contributed by atoms with Gasteiger partial charge in [-0.1, -0.05) is 0 Å². The molecular formula is C12H17NO5S. The zero-order valence-electron chi connectivity index (χ0n) is 11.0. The predicted octanol–water partition coefficient (Wildman–Crippen LogP) is 0.820. The highest BCUT2D eigenvalue weighted by Gasteiger charge is 2.13. The number of nitrogens with zero attached hydrogens (tertiary/aromatic N) is 1. The van der Waals surface area contributed by atoms with Gasteiger partial charge in [-0.2, -0.15) is 0 Å². The van der Waals surface area contributed by atoms with Crippen molar-refractivity contribution in [2.45, 2.75) is 12.2 Å². The summed E-state index contributed by atoms with van der Waals surface area (Å²) in [5, 5.41) is 0. The van der Waals surface area contributed by atoms with Crippen molar-refractivity contribution in [2.24, 2.45) is 0 Å². The molecule has 0 aliphatic carbocycles. The monoisotopic (exact) mass is 287 g/mol. The third-order valence-corrected chi connectivity index (χ3v) is 4.06. The van der Waals surface area contributed by atoms with Crippen LogP contribution in [0.1, 0.15) is 22.5 Å². The zero-order chi connectivity index (χ0) is 14.3. The highest BCUT2D eigenvalue weighted by molar-refractivity contribution is 7.90. The lowest BCUT2D eigenvalue weighted by molar-refractivity contribution is 0.0600. The summed E-state index contributed by atoms with van der Waals surface area (Å²) < 4.78 is 32.9. The van der Waals surface area contributed by atoms with Gasteiger partial charge in [-0.25, -0.2) is 13.2 Å². The van der Waals surface area contributed by atoms with Crippen LogP contribution < -0.4 is 0 Å². The smallest absolute Gasteiger partial charge is 0.339 e. The van der Waals surface area contributed by atoms with E-state index in [2.05, 4.69) is 9.72 Å². The van der Waals surface area contributed by atoms with E-state index in [1.54, 1.807) is 0 Å². The van der Waals surface area contributed by atoms with Crippen LogP contribution >= 0.6 is 0 Å². The summed E-state index contributed by atoms with van der Waals surface area (Å²) >= 11 is 0. The topological polar surface area (TPSA) is 82.6 Å². The van der Waals surface area contributed by atoms with Crippen molar-refractivity contribution in [1.82, 2.24) is 4.98 Å². The van der Waals surface area contributed by atoms with E-state index in [0.29, 0.717) is 24.3 Å². The Morgan fingerprint density at radius 2 is 2.05 bits per heavy atom. The first-order chi connectivity index (χ1) is 8.98. The number of carbonyl (C=O) groups excluding carboxylic acids is 1. The summed E-state index contributed by atoms with van der Waals surface area (Å²) in [6.07, 6.45) is 1.77. The Balaban J connectivity index is 2.64. The molecule has 1 heterocycles. The normalized spacial score (nSPS) is 11.3. The molecule has 0 saturated carbocycles. The molecule has 6 nitrogen and oxygen atoms in total. The van der Waals surface area contributed by atoms with Crippen molar-refractivity contribution in [1.29, 1.82) is 0 Å². The van der Waals surface area contributed by atoms with Crippen molar-refractivity contribution in [3.05, 3.63) is 29.6 Å². The number of hydrogen-bond acceptors (Lipinski definition) is 6. The molecule has 0 fully saturated rings. The molecule has 0 atom stereocenters. The highest BCUT2D eigenvalue weighted by Crippen LogP contribution is 2.07. The molecule has 1 aromatic heterocycles.